The number of methoxy groups -OCH3 is 3. The molecule has 1 unspecified atom stereocenters. The number of ether oxygens (including phenoxy) is 4. The number of allylic oxidation sites excluding steroid dienone is 3. The van der Waals surface area contributed by atoms with E-state index >= 15 is 0 Å². The standard InChI is InChI=1S/C40H50F2N4O6/c1-6-8-9-10-31-26-43-38(46(31)21-22-52-7-2)36(47)28-13-17-44(18-14-28)19-15-40(30-11-12-32(41)33(42)25-30)16-20-45(27-40)39(48)29-23-34(49-3)37(51-5)35(24-29)50-4/h6,8-12,23-26,28H,7,13-22,27H2,1-5H3. The molecule has 0 spiro atoms. The number of likely N-dealkylation sites (tertiary alicyclic amines) is 2. The van der Waals surface area contributed by atoms with E-state index < -0.39 is 17.0 Å². The van der Waals surface area contributed by atoms with Crippen LogP contribution in [0.3, 0.4) is 0 Å². The Labute approximate surface area is 305 Å². The van der Waals surface area contributed by atoms with Gasteiger partial charge in [0.25, 0.3) is 5.91 Å². The van der Waals surface area contributed by atoms with Gasteiger partial charge in [0.05, 0.1) is 39.8 Å². The summed E-state index contributed by atoms with van der Waals surface area (Å²) in [4.78, 5) is 36.3. The molecule has 1 amide bonds. The minimum atomic E-state index is -0.911. The molecule has 0 aliphatic carbocycles. The second-order valence-corrected chi connectivity index (χ2v) is 13.3. The van der Waals surface area contributed by atoms with E-state index in [0.29, 0.717) is 112 Å². The molecule has 3 aromatic rings. The van der Waals surface area contributed by atoms with E-state index in [9.17, 15) is 18.4 Å². The Morgan fingerprint density at radius 2 is 1.69 bits per heavy atom. The Balaban J connectivity index is 1.29. The van der Waals surface area contributed by atoms with Gasteiger partial charge in [0, 0.05) is 43.1 Å². The fraction of sp³-hybridized carbons (Fsp3) is 0.475. The highest BCUT2D eigenvalue weighted by Gasteiger charge is 2.42. The molecule has 2 aliphatic rings. The van der Waals surface area contributed by atoms with Crippen LogP contribution >= 0.6 is 0 Å². The van der Waals surface area contributed by atoms with Crippen LogP contribution < -0.4 is 14.2 Å². The van der Waals surface area contributed by atoms with Gasteiger partial charge >= 0.3 is 0 Å². The highest BCUT2D eigenvalue weighted by molar-refractivity contribution is 5.96. The first-order valence-corrected chi connectivity index (χ1v) is 17.9. The van der Waals surface area contributed by atoms with Crippen LogP contribution in [0.25, 0.3) is 6.08 Å². The largest absolute Gasteiger partial charge is 0.493 e. The topological polar surface area (TPSA) is 95.4 Å². The van der Waals surface area contributed by atoms with Crippen LogP contribution in [0.5, 0.6) is 17.2 Å². The fourth-order valence-corrected chi connectivity index (χ4v) is 7.34. The van der Waals surface area contributed by atoms with Crippen molar-refractivity contribution in [2.75, 3.05) is 67.3 Å². The van der Waals surface area contributed by atoms with Gasteiger partial charge in [-0.2, -0.15) is 0 Å². The summed E-state index contributed by atoms with van der Waals surface area (Å²) in [6.45, 7) is 8.39. The minimum Gasteiger partial charge on any atom is -0.493 e. The Kier molecular flexibility index (Phi) is 13.2. The van der Waals surface area contributed by atoms with Gasteiger partial charge in [-0.25, -0.2) is 13.8 Å². The molecule has 52 heavy (non-hydrogen) atoms. The Bertz CT molecular complexity index is 1740. The molecule has 0 saturated carbocycles. The van der Waals surface area contributed by atoms with Crippen LogP contribution in [0.4, 0.5) is 8.78 Å². The van der Waals surface area contributed by atoms with Crippen molar-refractivity contribution in [1.29, 1.82) is 0 Å². The number of piperidine rings is 1. The minimum absolute atomic E-state index is 0.0387. The van der Waals surface area contributed by atoms with E-state index in [1.165, 1.54) is 27.4 Å². The summed E-state index contributed by atoms with van der Waals surface area (Å²) in [5.41, 5.74) is 1.30. The Hall–Kier alpha value is -4.55. The summed E-state index contributed by atoms with van der Waals surface area (Å²) in [6.07, 6.45) is 12.1. The van der Waals surface area contributed by atoms with Crippen molar-refractivity contribution >= 4 is 17.8 Å². The van der Waals surface area contributed by atoms with Crippen LogP contribution in [0, 0.1) is 17.6 Å². The van der Waals surface area contributed by atoms with Gasteiger partial charge in [0.2, 0.25) is 11.5 Å². The van der Waals surface area contributed by atoms with Crippen LogP contribution in [0.15, 0.2) is 54.8 Å². The molecule has 0 bridgehead atoms. The monoisotopic (exact) mass is 720 g/mol. The van der Waals surface area contributed by atoms with Crippen molar-refractivity contribution in [3.63, 3.8) is 0 Å². The molecule has 1 atom stereocenters. The summed E-state index contributed by atoms with van der Waals surface area (Å²) in [6, 6.07) is 7.31. The lowest BCUT2D eigenvalue weighted by molar-refractivity contribution is 0.0777. The van der Waals surface area contributed by atoms with E-state index in [4.69, 9.17) is 18.9 Å². The highest BCUT2D eigenvalue weighted by Crippen LogP contribution is 2.42. The summed E-state index contributed by atoms with van der Waals surface area (Å²) in [7, 11) is 4.49. The van der Waals surface area contributed by atoms with Crippen molar-refractivity contribution in [2.45, 2.75) is 51.5 Å². The number of ketones is 1. The quantitative estimate of drug-likeness (QED) is 0.0931. The predicted molar refractivity (Wildman–Crippen MR) is 195 cm³/mol. The zero-order valence-electron chi connectivity index (χ0n) is 30.8. The number of rotatable bonds is 16. The summed E-state index contributed by atoms with van der Waals surface area (Å²) in [5, 5.41) is 0. The first-order chi connectivity index (χ1) is 25.2. The van der Waals surface area contributed by atoms with Gasteiger partial charge in [-0.05, 0) is 95.1 Å². The lowest BCUT2D eigenvalue weighted by atomic mass is 9.76. The van der Waals surface area contributed by atoms with Gasteiger partial charge in [0.15, 0.2) is 29.0 Å². The average Bonchev–Trinajstić information content (AvgIpc) is 3.79. The number of hydrogen-bond acceptors (Lipinski definition) is 8. The first kappa shape index (κ1) is 38.7. The molecule has 10 nitrogen and oxygen atoms in total. The van der Waals surface area contributed by atoms with Crippen molar-refractivity contribution in [2.24, 2.45) is 5.92 Å². The van der Waals surface area contributed by atoms with Crippen molar-refractivity contribution in [3.05, 3.63) is 89.0 Å². The Morgan fingerprint density at radius 3 is 2.33 bits per heavy atom. The van der Waals surface area contributed by atoms with E-state index in [-0.39, 0.29) is 17.6 Å². The van der Waals surface area contributed by atoms with Crippen LogP contribution in [-0.4, -0.2) is 98.3 Å². The fourth-order valence-electron chi connectivity index (χ4n) is 7.34. The van der Waals surface area contributed by atoms with Crippen molar-refractivity contribution in [3.8, 4) is 17.2 Å². The molecule has 2 aliphatic heterocycles. The van der Waals surface area contributed by atoms with Crippen LogP contribution in [0.2, 0.25) is 0 Å². The number of nitrogens with zero attached hydrogens (tertiary/aromatic N) is 4. The van der Waals surface area contributed by atoms with Gasteiger partial charge in [-0.1, -0.05) is 24.3 Å². The molecule has 2 fully saturated rings. The second-order valence-electron chi connectivity index (χ2n) is 13.3. The summed E-state index contributed by atoms with van der Waals surface area (Å²) in [5.74, 6) is -0.574. The van der Waals surface area contributed by atoms with E-state index in [2.05, 4.69) is 9.88 Å². The molecule has 1 aromatic heterocycles. The van der Waals surface area contributed by atoms with Gasteiger partial charge in [-0.15, -0.1) is 0 Å². The molecular weight excluding hydrogens is 670 g/mol. The number of benzene rings is 2. The zero-order chi connectivity index (χ0) is 37.3. The molecule has 0 radical (unpaired) electrons. The molecular formula is C40H50F2N4O6. The van der Waals surface area contributed by atoms with Crippen molar-refractivity contribution in [1.82, 2.24) is 19.4 Å². The number of hydrogen-bond donors (Lipinski definition) is 0. The SMILES string of the molecule is CC=CC=Cc1cnc(C(=O)C2CCN(CCC3(c4ccc(F)c(F)c4)CCN(C(=O)c4cc(OC)c(OC)c(OC)c4)C3)CC2)n1CCOCC. The van der Waals surface area contributed by atoms with Gasteiger partial charge in [0.1, 0.15) is 0 Å². The number of amides is 1. The lowest BCUT2D eigenvalue weighted by Gasteiger charge is -2.36. The van der Waals surface area contributed by atoms with Gasteiger partial charge < -0.3 is 33.3 Å². The van der Waals surface area contributed by atoms with Gasteiger partial charge in [-0.3, -0.25) is 9.59 Å². The van der Waals surface area contributed by atoms with Crippen LogP contribution in [-0.2, 0) is 16.7 Å². The molecule has 2 saturated heterocycles. The summed E-state index contributed by atoms with van der Waals surface area (Å²) < 4.78 is 52.6. The zero-order valence-corrected chi connectivity index (χ0v) is 30.8. The van der Waals surface area contributed by atoms with Crippen LogP contribution in [0.1, 0.15) is 71.8 Å². The number of carbonyl (C=O) groups is 2. The molecule has 2 aromatic carbocycles. The third kappa shape index (κ3) is 8.56. The lowest BCUT2D eigenvalue weighted by Crippen LogP contribution is -2.41. The maximum atomic E-state index is 14.7. The smallest absolute Gasteiger partial charge is 0.254 e. The summed E-state index contributed by atoms with van der Waals surface area (Å²) >= 11 is 0. The predicted octanol–water partition coefficient (Wildman–Crippen LogP) is 6.58. The Morgan fingerprint density at radius 1 is 0.962 bits per heavy atom. The molecule has 5 rings (SSSR count). The second kappa shape index (κ2) is 17.8. The third-order valence-electron chi connectivity index (χ3n) is 10.3. The number of Topliss-reactive ketones (excluding diaryl/α,β-unsaturated/α-hetero) is 1. The number of halogens is 2. The first-order valence-electron chi connectivity index (χ1n) is 17.9. The van der Waals surface area contributed by atoms with Crippen molar-refractivity contribution < 1.29 is 37.3 Å². The maximum Gasteiger partial charge on any atom is 0.254 e. The normalized spacial score (nSPS) is 18.5. The molecule has 3 heterocycles. The highest BCUT2D eigenvalue weighted by atomic mass is 19.2. The number of carbonyl (C=O) groups excluding carboxylic acids is 2. The maximum absolute atomic E-state index is 14.7. The number of imidazole rings is 1. The average molecular weight is 721 g/mol. The van der Waals surface area contributed by atoms with E-state index in [1.54, 1.807) is 29.3 Å². The van der Waals surface area contributed by atoms with E-state index in [0.717, 1.165) is 11.8 Å². The third-order valence-corrected chi connectivity index (χ3v) is 10.3. The molecule has 0 N–H and O–H groups in total. The molecule has 280 valence electrons. The number of aromatic nitrogens is 2. The van der Waals surface area contributed by atoms with E-state index in [1.807, 2.05) is 42.7 Å². The molecule has 12 heteroatoms.